The van der Waals surface area contributed by atoms with Crippen molar-refractivity contribution in [3.05, 3.63) is 47.8 Å². The molecular weight excluding hydrogens is 503 g/mol. The van der Waals surface area contributed by atoms with E-state index in [9.17, 15) is 40.3 Å². The number of anilines is 1. The molecule has 35 heavy (non-hydrogen) atoms. The normalized spacial score (nSPS) is 19.9. The van der Waals surface area contributed by atoms with Crippen LogP contribution in [0.3, 0.4) is 0 Å². The molecule has 2 heterocycles. The molecule has 1 saturated heterocycles. The summed E-state index contributed by atoms with van der Waals surface area (Å²) in [6, 6.07) is -0.666. The Morgan fingerprint density at radius 1 is 1.17 bits per heavy atom. The first-order chi connectivity index (χ1) is 16.3. The van der Waals surface area contributed by atoms with Crippen LogP contribution in [0.4, 0.5) is 32.6 Å². The van der Waals surface area contributed by atoms with Crippen LogP contribution < -0.4 is 10.0 Å². The molecule has 0 radical (unpaired) electrons. The summed E-state index contributed by atoms with van der Waals surface area (Å²) in [6.07, 6.45) is 0.652. The van der Waals surface area contributed by atoms with Crippen LogP contribution in [0.25, 0.3) is 22.1 Å². The van der Waals surface area contributed by atoms with E-state index in [-0.39, 0.29) is 11.0 Å². The van der Waals surface area contributed by atoms with Crippen LogP contribution in [0, 0.1) is 17.5 Å². The average molecular weight is 520 g/mol. The number of aliphatic hydroxyl groups is 1. The molecule has 3 N–H and O–H groups in total. The number of benzene rings is 2. The van der Waals surface area contributed by atoms with Gasteiger partial charge >= 0.3 is 6.03 Å². The van der Waals surface area contributed by atoms with Gasteiger partial charge in [-0.25, -0.2) is 39.9 Å². The Morgan fingerprint density at radius 3 is 2.40 bits per heavy atom. The van der Waals surface area contributed by atoms with E-state index in [0.717, 1.165) is 30.3 Å². The third-order valence-corrected chi connectivity index (χ3v) is 6.19. The zero-order chi connectivity index (χ0) is 25.7. The van der Waals surface area contributed by atoms with Gasteiger partial charge in [-0.05, 0) is 24.3 Å². The molecule has 0 saturated carbocycles. The highest BCUT2D eigenvalue weighted by Gasteiger charge is 2.58. The van der Waals surface area contributed by atoms with Gasteiger partial charge in [0.15, 0.2) is 11.4 Å². The number of carbonyl (C=O) groups is 1. The SMILES string of the molecule is CS(=O)(=O)NC1CN(C(=O)Nc2noc3ccc(F)c(-c4c(F)cccc4F)c23)C(CO)C1(F)F. The van der Waals surface area contributed by atoms with E-state index in [1.54, 1.807) is 4.72 Å². The monoisotopic (exact) mass is 520 g/mol. The predicted molar refractivity (Wildman–Crippen MR) is 113 cm³/mol. The summed E-state index contributed by atoms with van der Waals surface area (Å²) in [5.41, 5.74) is -1.58. The Hall–Kier alpha value is -3.30. The zero-order valence-electron chi connectivity index (χ0n) is 17.7. The lowest BCUT2D eigenvalue weighted by Gasteiger charge is -2.26. The first-order valence-corrected chi connectivity index (χ1v) is 11.8. The molecule has 2 aromatic carbocycles. The fourth-order valence-corrected chi connectivity index (χ4v) is 4.70. The van der Waals surface area contributed by atoms with Gasteiger partial charge in [-0.2, -0.15) is 0 Å². The van der Waals surface area contributed by atoms with E-state index in [0.29, 0.717) is 11.2 Å². The number of nitrogens with zero attached hydrogens (tertiary/aromatic N) is 2. The maximum Gasteiger partial charge on any atom is 0.323 e. The lowest BCUT2D eigenvalue weighted by atomic mass is 9.99. The van der Waals surface area contributed by atoms with Crippen LogP contribution >= 0.6 is 0 Å². The topological polar surface area (TPSA) is 125 Å². The second kappa shape index (κ2) is 8.73. The highest BCUT2D eigenvalue weighted by molar-refractivity contribution is 7.88. The van der Waals surface area contributed by atoms with Gasteiger partial charge in [-0.1, -0.05) is 11.2 Å². The number of likely N-dealkylation sites (tertiary alicyclic amines) is 1. The minimum atomic E-state index is -4.10. The van der Waals surface area contributed by atoms with Gasteiger partial charge in [0.05, 0.1) is 23.8 Å². The Kier molecular flexibility index (Phi) is 6.19. The van der Waals surface area contributed by atoms with Crippen LogP contribution in [0.1, 0.15) is 0 Å². The fraction of sp³-hybridized carbons (Fsp3) is 0.300. The summed E-state index contributed by atoms with van der Waals surface area (Å²) in [7, 11) is -4.10. The van der Waals surface area contributed by atoms with Gasteiger partial charge in [0.1, 0.15) is 29.5 Å². The lowest BCUT2D eigenvalue weighted by Crippen LogP contribution is -2.51. The molecule has 2 amide bonds. The van der Waals surface area contributed by atoms with Crippen molar-refractivity contribution >= 4 is 32.8 Å². The zero-order valence-corrected chi connectivity index (χ0v) is 18.5. The summed E-state index contributed by atoms with van der Waals surface area (Å²) in [4.78, 5) is 13.3. The van der Waals surface area contributed by atoms with E-state index in [1.807, 2.05) is 0 Å². The molecule has 188 valence electrons. The van der Waals surface area contributed by atoms with Gasteiger partial charge in [-0.3, -0.25) is 5.32 Å². The first-order valence-electron chi connectivity index (χ1n) is 9.91. The molecule has 2 atom stereocenters. The highest BCUT2D eigenvalue weighted by atomic mass is 32.2. The highest BCUT2D eigenvalue weighted by Crippen LogP contribution is 2.39. The quantitative estimate of drug-likeness (QED) is 0.445. The number of hydrogen-bond donors (Lipinski definition) is 3. The van der Waals surface area contributed by atoms with Gasteiger partial charge in [0.2, 0.25) is 10.0 Å². The van der Waals surface area contributed by atoms with Crippen LogP contribution in [0.15, 0.2) is 34.9 Å². The third-order valence-electron chi connectivity index (χ3n) is 5.48. The molecule has 3 aromatic rings. The number of halogens is 5. The number of alkyl halides is 2. The Morgan fingerprint density at radius 2 is 1.80 bits per heavy atom. The number of nitrogens with one attached hydrogen (secondary N) is 2. The number of carbonyl (C=O) groups excluding carboxylic acids is 1. The summed E-state index contributed by atoms with van der Waals surface area (Å²) in [5, 5.41) is 14.8. The van der Waals surface area contributed by atoms with Crippen molar-refractivity contribution in [3.63, 3.8) is 0 Å². The van der Waals surface area contributed by atoms with E-state index >= 15 is 0 Å². The summed E-state index contributed by atoms with van der Waals surface area (Å²) < 4.78 is 103. The Balaban J connectivity index is 1.74. The van der Waals surface area contributed by atoms with Crippen LogP contribution in [-0.2, 0) is 10.0 Å². The molecule has 1 aliphatic heterocycles. The van der Waals surface area contributed by atoms with E-state index in [2.05, 4.69) is 10.5 Å². The first kappa shape index (κ1) is 24.8. The van der Waals surface area contributed by atoms with Crippen molar-refractivity contribution < 1.29 is 44.8 Å². The molecule has 4 rings (SSSR count). The molecule has 1 aliphatic rings. The van der Waals surface area contributed by atoms with Crippen LogP contribution in [-0.4, -0.2) is 67.0 Å². The van der Waals surface area contributed by atoms with Crippen LogP contribution in [0.5, 0.6) is 0 Å². The van der Waals surface area contributed by atoms with Crippen molar-refractivity contribution in [2.75, 3.05) is 24.7 Å². The summed E-state index contributed by atoms with van der Waals surface area (Å²) >= 11 is 0. The summed E-state index contributed by atoms with van der Waals surface area (Å²) in [5.74, 6) is -7.72. The number of hydrogen-bond acceptors (Lipinski definition) is 6. The molecule has 1 aromatic heterocycles. The largest absolute Gasteiger partial charge is 0.394 e. The molecule has 15 heteroatoms. The molecule has 0 bridgehead atoms. The second-order valence-corrected chi connectivity index (χ2v) is 9.60. The lowest BCUT2D eigenvalue weighted by molar-refractivity contribution is -0.0557. The van der Waals surface area contributed by atoms with Crippen molar-refractivity contribution in [3.8, 4) is 11.1 Å². The van der Waals surface area contributed by atoms with Gasteiger partial charge in [-0.15, -0.1) is 0 Å². The van der Waals surface area contributed by atoms with E-state index < -0.39 is 81.6 Å². The number of aliphatic hydroxyl groups excluding tert-OH is 1. The van der Waals surface area contributed by atoms with Gasteiger partial charge < -0.3 is 14.5 Å². The minimum absolute atomic E-state index is 0.179. The summed E-state index contributed by atoms with van der Waals surface area (Å²) in [6.45, 7) is -2.06. The number of sulfonamides is 1. The molecule has 2 unspecified atom stereocenters. The Bertz CT molecular complexity index is 1390. The van der Waals surface area contributed by atoms with Crippen molar-refractivity contribution in [2.45, 2.75) is 18.0 Å². The predicted octanol–water partition coefficient (Wildman–Crippen LogP) is 2.67. The van der Waals surface area contributed by atoms with E-state index in [1.165, 1.54) is 0 Å². The number of fused-ring (bicyclic) bond motifs is 1. The number of aromatic nitrogens is 1. The van der Waals surface area contributed by atoms with Gasteiger partial charge in [0.25, 0.3) is 5.92 Å². The van der Waals surface area contributed by atoms with Crippen LogP contribution in [0.2, 0.25) is 0 Å². The van der Waals surface area contributed by atoms with Gasteiger partial charge in [0, 0.05) is 12.1 Å². The van der Waals surface area contributed by atoms with Crippen molar-refractivity contribution in [2.24, 2.45) is 0 Å². The molecule has 0 aliphatic carbocycles. The maximum atomic E-state index is 14.8. The molecular formula is C20H17F5N4O5S. The Labute approximate surface area is 194 Å². The third kappa shape index (κ3) is 4.41. The smallest absolute Gasteiger partial charge is 0.323 e. The average Bonchev–Trinajstić information content (AvgIpc) is 3.26. The number of rotatable bonds is 5. The second-order valence-electron chi connectivity index (χ2n) is 7.82. The van der Waals surface area contributed by atoms with E-state index in [4.69, 9.17) is 4.52 Å². The number of amides is 2. The maximum absolute atomic E-state index is 14.8. The molecule has 1 fully saturated rings. The minimum Gasteiger partial charge on any atom is -0.394 e. The molecule has 9 nitrogen and oxygen atoms in total. The fourth-order valence-electron chi connectivity index (χ4n) is 3.95. The molecule has 0 spiro atoms. The van der Waals surface area contributed by atoms with Crippen molar-refractivity contribution in [1.29, 1.82) is 0 Å². The number of urea groups is 1. The van der Waals surface area contributed by atoms with Crippen molar-refractivity contribution in [1.82, 2.24) is 14.8 Å². The standard InChI is InChI=1S/C20H17F5N4O5S/c1-35(32,33)28-13-7-29(14(8-30)20(13,24)25)19(31)26-18-17-12(34-27-18)6-5-11(23)16(17)15-9(21)3-2-4-10(15)22/h2-6,13-14,28,30H,7-8H2,1H3,(H,26,27,31).